The van der Waals surface area contributed by atoms with E-state index in [9.17, 15) is 9.90 Å². The van der Waals surface area contributed by atoms with Crippen LogP contribution in [0.2, 0.25) is 0 Å². The molecule has 1 atom stereocenters. The maximum absolute atomic E-state index is 12.1. The van der Waals surface area contributed by atoms with Crippen molar-refractivity contribution in [2.45, 2.75) is 38.6 Å². The largest absolute Gasteiger partial charge is 0.444 e. The number of morpholine rings is 1. The predicted octanol–water partition coefficient (Wildman–Crippen LogP) is 2.19. The molecule has 1 unspecified atom stereocenters. The van der Waals surface area contributed by atoms with Crippen molar-refractivity contribution in [1.82, 2.24) is 4.90 Å². The van der Waals surface area contributed by atoms with E-state index >= 15 is 0 Å². The number of rotatable bonds is 2. The second-order valence-corrected chi connectivity index (χ2v) is 6.36. The third-order valence-electron chi connectivity index (χ3n) is 3.14. The molecule has 1 aliphatic rings. The Morgan fingerprint density at radius 3 is 2.67 bits per heavy atom. The normalized spacial score (nSPS) is 23.0. The lowest BCUT2D eigenvalue weighted by atomic mass is 10.0. The first-order chi connectivity index (χ1) is 9.77. The third kappa shape index (κ3) is 4.72. The van der Waals surface area contributed by atoms with Crippen LogP contribution in [0.1, 0.15) is 26.3 Å². The quantitative estimate of drug-likeness (QED) is 0.908. The zero-order chi connectivity index (χ0) is 15.5. The number of hydrogen-bond donors (Lipinski definition) is 1. The number of amides is 1. The predicted molar refractivity (Wildman–Crippen MR) is 78.9 cm³/mol. The smallest absolute Gasteiger partial charge is 0.410 e. The molecule has 1 fully saturated rings. The van der Waals surface area contributed by atoms with Gasteiger partial charge in [-0.1, -0.05) is 30.3 Å². The van der Waals surface area contributed by atoms with E-state index in [4.69, 9.17) is 9.47 Å². The van der Waals surface area contributed by atoms with Gasteiger partial charge in [-0.25, -0.2) is 4.79 Å². The van der Waals surface area contributed by atoms with Crippen molar-refractivity contribution < 1.29 is 19.4 Å². The number of ether oxygens (including phenoxy) is 2. The highest BCUT2D eigenvalue weighted by Crippen LogP contribution is 2.22. The van der Waals surface area contributed by atoms with Gasteiger partial charge in [0.1, 0.15) is 5.60 Å². The molecule has 0 saturated carbocycles. The van der Waals surface area contributed by atoms with E-state index in [0.717, 1.165) is 5.56 Å². The first-order valence-electron chi connectivity index (χ1n) is 7.16. The van der Waals surface area contributed by atoms with Crippen LogP contribution in [0.15, 0.2) is 30.3 Å². The van der Waals surface area contributed by atoms with Gasteiger partial charge in [0.25, 0.3) is 0 Å². The first-order valence-corrected chi connectivity index (χ1v) is 7.16. The Morgan fingerprint density at radius 1 is 1.38 bits per heavy atom. The van der Waals surface area contributed by atoms with E-state index in [1.807, 2.05) is 51.1 Å². The summed E-state index contributed by atoms with van der Waals surface area (Å²) in [7, 11) is 0. The molecule has 5 heteroatoms. The van der Waals surface area contributed by atoms with E-state index in [-0.39, 0.29) is 6.54 Å². The summed E-state index contributed by atoms with van der Waals surface area (Å²) in [6.07, 6.45) is -0.0788. The van der Waals surface area contributed by atoms with Crippen LogP contribution in [0.25, 0.3) is 0 Å². The zero-order valence-corrected chi connectivity index (χ0v) is 12.8. The molecule has 1 amide bonds. The van der Waals surface area contributed by atoms with Crippen LogP contribution in [0.4, 0.5) is 4.79 Å². The summed E-state index contributed by atoms with van der Waals surface area (Å²) in [4.78, 5) is 13.6. The van der Waals surface area contributed by atoms with Gasteiger partial charge in [0.15, 0.2) is 5.79 Å². The zero-order valence-electron chi connectivity index (χ0n) is 12.8. The number of aliphatic hydroxyl groups is 1. The molecule has 0 aliphatic carbocycles. The molecule has 0 bridgehead atoms. The standard InChI is InChI=1S/C16H23NO4/c1-15(2,3)21-14(18)17-9-10-20-16(19,12-17)11-13-7-5-4-6-8-13/h4-8,19H,9-12H2,1-3H3. The van der Waals surface area contributed by atoms with Crippen LogP contribution in [0.3, 0.4) is 0 Å². The summed E-state index contributed by atoms with van der Waals surface area (Å²) in [6.45, 7) is 6.29. The minimum atomic E-state index is -1.36. The maximum atomic E-state index is 12.1. The molecule has 1 aromatic carbocycles. The average molecular weight is 293 g/mol. The summed E-state index contributed by atoms with van der Waals surface area (Å²) in [5.41, 5.74) is 0.415. The molecule has 1 saturated heterocycles. The lowest BCUT2D eigenvalue weighted by Gasteiger charge is -2.39. The molecular formula is C16H23NO4. The Morgan fingerprint density at radius 2 is 2.05 bits per heavy atom. The monoisotopic (exact) mass is 293 g/mol. The molecule has 0 spiro atoms. The maximum Gasteiger partial charge on any atom is 0.410 e. The highest BCUT2D eigenvalue weighted by Gasteiger charge is 2.38. The Bertz CT molecular complexity index is 483. The second kappa shape index (κ2) is 6.03. The number of nitrogens with zero attached hydrogens (tertiary/aromatic N) is 1. The highest BCUT2D eigenvalue weighted by molar-refractivity contribution is 5.68. The van der Waals surface area contributed by atoms with Crippen LogP contribution in [-0.4, -0.2) is 47.2 Å². The van der Waals surface area contributed by atoms with Crippen LogP contribution in [-0.2, 0) is 15.9 Å². The van der Waals surface area contributed by atoms with E-state index in [1.165, 1.54) is 4.90 Å². The van der Waals surface area contributed by atoms with Gasteiger partial charge in [-0.2, -0.15) is 0 Å². The van der Waals surface area contributed by atoms with Crippen LogP contribution in [0, 0.1) is 0 Å². The topological polar surface area (TPSA) is 59.0 Å². The number of benzene rings is 1. The van der Waals surface area contributed by atoms with Gasteiger partial charge in [0.2, 0.25) is 0 Å². The second-order valence-electron chi connectivity index (χ2n) is 6.36. The lowest BCUT2D eigenvalue weighted by molar-refractivity contribution is -0.233. The van der Waals surface area contributed by atoms with E-state index in [2.05, 4.69) is 0 Å². The molecular weight excluding hydrogens is 270 g/mol. The van der Waals surface area contributed by atoms with E-state index in [1.54, 1.807) is 0 Å². The summed E-state index contributed by atoms with van der Waals surface area (Å²) in [5.74, 6) is -1.36. The minimum Gasteiger partial charge on any atom is -0.444 e. The molecule has 1 N–H and O–H groups in total. The van der Waals surface area contributed by atoms with Gasteiger partial charge in [0, 0.05) is 13.0 Å². The Balaban J connectivity index is 2.01. The van der Waals surface area contributed by atoms with Crippen LogP contribution in [0.5, 0.6) is 0 Å². The van der Waals surface area contributed by atoms with Crippen molar-refractivity contribution in [3.63, 3.8) is 0 Å². The summed E-state index contributed by atoms with van der Waals surface area (Å²) < 4.78 is 10.8. The molecule has 0 radical (unpaired) electrons. The average Bonchev–Trinajstić information content (AvgIpc) is 2.37. The number of carbonyl (C=O) groups excluding carboxylic acids is 1. The summed E-state index contributed by atoms with van der Waals surface area (Å²) in [5, 5.41) is 10.6. The van der Waals surface area contributed by atoms with E-state index in [0.29, 0.717) is 19.6 Å². The highest BCUT2D eigenvalue weighted by atomic mass is 16.6. The molecule has 5 nitrogen and oxygen atoms in total. The fraction of sp³-hybridized carbons (Fsp3) is 0.562. The van der Waals surface area contributed by atoms with E-state index < -0.39 is 17.5 Å². The lowest BCUT2D eigenvalue weighted by Crippen LogP contribution is -2.55. The van der Waals surface area contributed by atoms with Crippen molar-refractivity contribution in [1.29, 1.82) is 0 Å². The van der Waals surface area contributed by atoms with Crippen LogP contribution < -0.4 is 0 Å². The number of carbonyl (C=O) groups is 1. The van der Waals surface area contributed by atoms with Gasteiger partial charge in [-0.15, -0.1) is 0 Å². The first kappa shape index (κ1) is 15.8. The number of β-amino-alcohol motifs (C(OH)–C–C–N with tert-alkyl or cyclic N) is 1. The summed E-state index contributed by atoms with van der Waals surface area (Å²) in [6, 6.07) is 9.59. The molecule has 21 heavy (non-hydrogen) atoms. The summed E-state index contributed by atoms with van der Waals surface area (Å²) >= 11 is 0. The Hall–Kier alpha value is -1.59. The molecule has 1 aromatic rings. The van der Waals surface area contributed by atoms with Gasteiger partial charge in [-0.3, -0.25) is 0 Å². The SMILES string of the molecule is CC(C)(C)OC(=O)N1CCOC(O)(Cc2ccccc2)C1. The van der Waals surface area contributed by atoms with Crippen molar-refractivity contribution in [2.75, 3.05) is 19.7 Å². The fourth-order valence-electron chi connectivity index (χ4n) is 2.27. The van der Waals surface area contributed by atoms with Crippen molar-refractivity contribution >= 4 is 6.09 Å². The van der Waals surface area contributed by atoms with Crippen molar-refractivity contribution in [3.05, 3.63) is 35.9 Å². The van der Waals surface area contributed by atoms with Crippen molar-refractivity contribution in [3.8, 4) is 0 Å². The Kier molecular flexibility index (Phi) is 4.54. The Labute approximate surface area is 125 Å². The minimum absolute atomic E-state index is 0.108. The molecule has 0 aromatic heterocycles. The number of hydrogen-bond acceptors (Lipinski definition) is 4. The molecule has 1 aliphatic heterocycles. The van der Waals surface area contributed by atoms with Gasteiger partial charge in [-0.05, 0) is 26.3 Å². The third-order valence-corrected chi connectivity index (χ3v) is 3.14. The molecule has 2 rings (SSSR count). The van der Waals surface area contributed by atoms with Gasteiger partial charge < -0.3 is 19.5 Å². The van der Waals surface area contributed by atoms with Crippen LogP contribution >= 0.6 is 0 Å². The fourth-order valence-corrected chi connectivity index (χ4v) is 2.27. The molecule has 1 heterocycles. The van der Waals surface area contributed by atoms with Gasteiger partial charge in [0.05, 0.1) is 13.2 Å². The molecule has 116 valence electrons. The van der Waals surface area contributed by atoms with Gasteiger partial charge >= 0.3 is 6.09 Å². The van der Waals surface area contributed by atoms with Crippen molar-refractivity contribution in [2.24, 2.45) is 0 Å².